The van der Waals surface area contributed by atoms with Gasteiger partial charge in [-0.05, 0) is 67.6 Å². The molecule has 26 heavy (non-hydrogen) atoms. The predicted octanol–water partition coefficient (Wildman–Crippen LogP) is 5.36. The summed E-state index contributed by atoms with van der Waals surface area (Å²) in [6.45, 7) is 9.71. The molecule has 0 bridgehead atoms. The largest absolute Gasteiger partial charge is 0.321 e. The Morgan fingerprint density at radius 3 is 2.38 bits per heavy atom. The SMILES string of the molecule is Cc1cccc(C(C)C)c1NC(=O)c1ccc(CN2CCCCC2)cc1. The molecule has 1 N–H and O–H groups in total. The molecule has 3 heteroatoms. The minimum atomic E-state index is -0.0364. The lowest BCUT2D eigenvalue weighted by Crippen LogP contribution is -2.29. The molecule has 0 radical (unpaired) electrons. The van der Waals surface area contributed by atoms with Crippen molar-refractivity contribution in [3.8, 4) is 0 Å². The zero-order valence-corrected chi connectivity index (χ0v) is 16.2. The first-order valence-corrected chi connectivity index (χ1v) is 9.77. The van der Waals surface area contributed by atoms with Crippen molar-refractivity contribution in [3.63, 3.8) is 0 Å². The van der Waals surface area contributed by atoms with Crippen LogP contribution in [0.5, 0.6) is 0 Å². The van der Waals surface area contributed by atoms with Gasteiger partial charge in [-0.3, -0.25) is 9.69 Å². The van der Waals surface area contributed by atoms with E-state index in [1.165, 1.54) is 43.5 Å². The molecule has 3 nitrogen and oxygen atoms in total. The van der Waals surface area contributed by atoms with E-state index in [1.807, 2.05) is 25.1 Å². The zero-order valence-electron chi connectivity index (χ0n) is 16.2. The van der Waals surface area contributed by atoms with E-state index in [0.29, 0.717) is 11.5 Å². The molecule has 0 spiro atoms. The maximum Gasteiger partial charge on any atom is 0.255 e. The summed E-state index contributed by atoms with van der Waals surface area (Å²) in [5.74, 6) is 0.336. The van der Waals surface area contributed by atoms with Gasteiger partial charge in [-0.1, -0.05) is 50.6 Å². The van der Waals surface area contributed by atoms with Gasteiger partial charge in [0.05, 0.1) is 0 Å². The highest BCUT2D eigenvalue weighted by Crippen LogP contribution is 2.28. The van der Waals surface area contributed by atoms with Gasteiger partial charge in [-0.2, -0.15) is 0 Å². The molecule has 0 atom stereocenters. The van der Waals surface area contributed by atoms with E-state index in [2.05, 4.69) is 48.3 Å². The molecule has 1 aliphatic rings. The molecule has 0 aliphatic carbocycles. The van der Waals surface area contributed by atoms with Gasteiger partial charge < -0.3 is 5.32 Å². The summed E-state index contributed by atoms with van der Waals surface area (Å²) in [4.78, 5) is 15.2. The lowest BCUT2D eigenvalue weighted by atomic mass is 9.98. The minimum absolute atomic E-state index is 0.0364. The third kappa shape index (κ3) is 4.53. The van der Waals surface area contributed by atoms with E-state index in [4.69, 9.17) is 0 Å². The molecule has 138 valence electrons. The summed E-state index contributed by atoms with van der Waals surface area (Å²) in [6, 6.07) is 14.3. The van der Waals surface area contributed by atoms with E-state index in [0.717, 1.165) is 17.8 Å². The number of nitrogens with zero attached hydrogens (tertiary/aromatic N) is 1. The van der Waals surface area contributed by atoms with Gasteiger partial charge in [0.2, 0.25) is 0 Å². The van der Waals surface area contributed by atoms with Gasteiger partial charge in [0.25, 0.3) is 5.91 Å². The lowest BCUT2D eigenvalue weighted by molar-refractivity contribution is 0.102. The highest BCUT2D eigenvalue weighted by molar-refractivity contribution is 6.05. The Bertz CT molecular complexity index is 743. The Balaban J connectivity index is 1.69. The molecule has 1 fully saturated rings. The molecule has 1 heterocycles. The average molecular weight is 351 g/mol. The van der Waals surface area contributed by atoms with Crippen LogP contribution in [-0.2, 0) is 6.54 Å². The highest BCUT2D eigenvalue weighted by Gasteiger charge is 2.14. The van der Waals surface area contributed by atoms with Crippen molar-refractivity contribution in [2.24, 2.45) is 0 Å². The van der Waals surface area contributed by atoms with Crippen molar-refractivity contribution in [2.45, 2.75) is 52.5 Å². The van der Waals surface area contributed by atoms with Crippen LogP contribution >= 0.6 is 0 Å². The summed E-state index contributed by atoms with van der Waals surface area (Å²) in [5, 5.41) is 3.13. The van der Waals surface area contributed by atoms with Crippen molar-refractivity contribution in [1.29, 1.82) is 0 Å². The van der Waals surface area contributed by atoms with E-state index in [9.17, 15) is 4.79 Å². The van der Waals surface area contributed by atoms with Crippen LogP contribution in [0.3, 0.4) is 0 Å². The predicted molar refractivity (Wildman–Crippen MR) is 109 cm³/mol. The fraction of sp³-hybridized carbons (Fsp3) is 0.435. The van der Waals surface area contributed by atoms with Crippen molar-refractivity contribution < 1.29 is 4.79 Å². The maximum atomic E-state index is 12.7. The highest BCUT2D eigenvalue weighted by atomic mass is 16.1. The molecule has 1 aliphatic heterocycles. The number of rotatable bonds is 5. The first-order valence-electron chi connectivity index (χ1n) is 9.77. The number of benzene rings is 2. The second kappa shape index (κ2) is 8.50. The number of carbonyl (C=O) groups is 1. The molecule has 3 rings (SSSR count). The third-order valence-electron chi connectivity index (χ3n) is 5.24. The van der Waals surface area contributed by atoms with Crippen LogP contribution in [0.25, 0.3) is 0 Å². The molecule has 0 saturated carbocycles. The number of aryl methyl sites for hydroxylation is 1. The minimum Gasteiger partial charge on any atom is -0.321 e. The lowest BCUT2D eigenvalue weighted by Gasteiger charge is -2.26. The number of nitrogens with one attached hydrogen (secondary N) is 1. The maximum absolute atomic E-state index is 12.7. The van der Waals surface area contributed by atoms with Crippen LogP contribution < -0.4 is 5.32 Å². The molecule has 0 unspecified atom stereocenters. The van der Waals surface area contributed by atoms with Crippen molar-refractivity contribution in [2.75, 3.05) is 18.4 Å². The Morgan fingerprint density at radius 1 is 1.04 bits per heavy atom. The van der Waals surface area contributed by atoms with Crippen LogP contribution in [0, 0.1) is 6.92 Å². The van der Waals surface area contributed by atoms with Crippen LogP contribution in [0.2, 0.25) is 0 Å². The second-order valence-electron chi connectivity index (χ2n) is 7.68. The molecule has 0 aromatic heterocycles. The van der Waals surface area contributed by atoms with Gasteiger partial charge in [0, 0.05) is 17.8 Å². The quantitative estimate of drug-likeness (QED) is 0.787. The smallest absolute Gasteiger partial charge is 0.255 e. The normalized spacial score (nSPS) is 15.2. The standard InChI is InChI=1S/C23H30N2O/c1-17(2)21-9-7-8-18(3)22(21)24-23(26)20-12-10-19(11-13-20)16-25-14-5-4-6-15-25/h7-13,17H,4-6,14-16H2,1-3H3,(H,24,26). The van der Waals surface area contributed by atoms with E-state index < -0.39 is 0 Å². The number of para-hydroxylation sites is 1. The molecule has 1 saturated heterocycles. The fourth-order valence-corrected chi connectivity index (χ4v) is 3.67. The van der Waals surface area contributed by atoms with Crippen molar-refractivity contribution in [1.82, 2.24) is 4.90 Å². The second-order valence-corrected chi connectivity index (χ2v) is 7.68. The van der Waals surface area contributed by atoms with Gasteiger partial charge in [-0.15, -0.1) is 0 Å². The summed E-state index contributed by atoms with van der Waals surface area (Å²) >= 11 is 0. The molecule has 1 amide bonds. The monoisotopic (exact) mass is 350 g/mol. The summed E-state index contributed by atoms with van der Waals surface area (Å²) in [7, 11) is 0. The van der Waals surface area contributed by atoms with Gasteiger partial charge >= 0.3 is 0 Å². The fourth-order valence-electron chi connectivity index (χ4n) is 3.67. The Kier molecular flexibility index (Phi) is 6.10. The molecule has 2 aromatic rings. The number of amides is 1. The summed E-state index contributed by atoms with van der Waals surface area (Å²) < 4.78 is 0. The number of hydrogen-bond acceptors (Lipinski definition) is 2. The third-order valence-corrected chi connectivity index (χ3v) is 5.24. The van der Waals surface area contributed by atoms with E-state index in [1.54, 1.807) is 0 Å². The Labute approximate surface area is 157 Å². The van der Waals surface area contributed by atoms with E-state index >= 15 is 0 Å². The van der Waals surface area contributed by atoms with E-state index in [-0.39, 0.29) is 5.91 Å². The summed E-state index contributed by atoms with van der Waals surface area (Å²) in [6.07, 6.45) is 3.96. The van der Waals surface area contributed by atoms with Crippen molar-refractivity contribution in [3.05, 3.63) is 64.7 Å². The van der Waals surface area contributed by atoms with Gasteiger partial charge in [-0.25, -0.2) is 0 Å². The number of carbonyl (C=O) groups excluding carboxylic acids is 1. The van der Waals surface area contributed by atoms with Crippen LogP contribution in [0.15, 0.2) is 42.5 Å². The average Bonchev–Trinajstić information content (AvgIpc) is 2.64. The van der Waals surface area contributed by atoms with Gasteiger partial charge in [0.1, 0.15) is 0 Å². The molecular weight excluding hydrogens is 320 g/mol. The Hall–Kier alpha value is -2.13. The van der Waals surface area contributed by atoms with Crippen LogP contribution in [0.4, 0.5) is 5.69 Å². The summed E-state index contributed by atoms with van der Waals surface area (Å²) in [5.41, 5.74) is 5.23. The number of hydrogen-bond donors (Lipinski definition) is 1. The topological polar surface area (TPSA) is 32.3 Å². The zero-order chi connectivity index (χ0) is 18.5. The molecule has 2 aromatic carbocycles. The number of likely N-dealkylation sites (tertiary alicyclic amines) is 1. The van der Waals surface area contributed by atoms with Crippen molar-refractivity contribution >= 4 is 11.6 Å². The molecular formula is C23H30N2O. The van der Waals surface area contributed by atoms with Gasteiger partial charge in [0.15, 0.2) is 0 Å². The number of piperidine rings is 1. The first kappa shape index (κ1) is 18.7. The van der Waals surface area contributed by atoms with Crippen LogP contribution in [0.1, 0.15) is 66.1 Å². The first-order chi connectivity index (χ1) is 12.5. The Morgan fingerprint density at radius 2 is 1.73 bits per heavy atom. The van der Waals surface area contributed by atoms with Crippen LogP contribution in [-0.4, -0.2) is 23.9 Å². The number of anilines is 1.